The standard InChI is InChI=1S/C19H17N3O7/c1-12-3-9-16(22(27)28)19(13(12)2)20-17(23)11-29-18(24)10-6-14-4-7-15(8-5-14)21(25)26/h3-10H,11H2,1-2H3,(H,20,23)/b10-6+. The summed E-state index contributed by atoms with van der Waals surface area (Å²) in [5, 5.41) is 24.1. The molecule has 0 aliphatic carbocycles. The van der Waals surface area contributed by atoms with Crippen molar-refractivity contribution >= 4 is 35.0 Å². The summed E-state index contributed by atoms with van der Waals surface area (Å²) in [6.07, 6.45) is 2.44. The average molecular weight is 399 g/mol. The quantitative estimate of drug-likeness (QED) is 0.326. The van der Waals surface area contributed by atoms with Crippen LogP contribution in [0.15, 0.2) is 42.5 Å². The zero-order chi connectivity index (χ0) is 21.6. The normalized spacial score (nSPS) is 10.6. The average Bonchev–Trinajstić information content (AvgIpc) is 2.68. The van der Waals surface area contributed by atoms with E-state index in [4.69, 9.17) is 4.74 Å². The van der Waals surface area contributed by atoms with Crippen LogP contribution in [0.1, 0.15) is 16.7 Å². The van der Waals surface area contributed by atoms with Gasteiger partial charge in [-0.1, -0.05) is 6.07 Å². The van der Waals surface area contributed by atoms with Crippen LogP contribution in [0.2, 0.25) is 0 Å². The number of amides is 1. The molecule has 0 aliphatic heterocycles. The van der Waals surface area contributed by atoms with Crippen LogP contribution in [0.25, 0.3) is 6.08 Å². The third kappa shape index (κ3) is 5.70. The number of carbonyl (C=O) groups excluding carboxylic acids is 2. The Morgan fingerprint density at radius 1 is 1.03 bits per heavy atom. The number of nitro benzene ring substituents is 2. The van der Waals surface area contributed by atoms with Crippen LogP contribution in [0, 0.1) is 34.1 Å². The van der Waals surface area contributed by atoms with Crippen molar-refractivity contribution in [3.8, 4) is 0 Å². The van der Waals surface area contributed by atoms with Gasteiger partial charge in [-0.2, -0.15) is 0 Å². The molecule has 0 heterocycles. The van der Waals surface area contributed by atoms with E-state index in [9.17, 15) is 29.8 Å². The summed E-state index contributed by atoms with van der Waals surface area (Å²) in [5.74, 6) is -1.53. The molecule has 29 heavy (non-hydrogen) atoms. The first-order valence-corrected chi connectivity index (χ1v) is 8.32. The van der Waals surface area contributed by atoms with E-state index < -0.39 is 28.3 Å². The lowest BCUT2D eigenvalue weighted by molar-refractivity contribution is -0.384. The Kier molecular flexibility index (Phi) is 6.75. The van der Waals surface area contributed by atoms with Crippen molar-refractivity contribution in [1.29, 1.82) is 0 Å². The maximum absolute atomic E-state index is 12.0. The molecule has 10 nitrogen and oxygen atoms in total. The molecular weight excluding hydrogens is 382 g/mol. The number of ether oxygens (including phenoxy) is 1. The fourth-order valence-electron chi connectivity index (χ4n) is 2.34. The largest absolute Gasteiger partial charge is 0.452 e. The lowest BCUT2D eigenvalue weighted by Crippen LogP contribution is -2.21. The van der Waals surface area contributed by atoms with Gasteiger partial charge in [0.2, 0.25) is 0 Å². The van der Waals surface area contributed by atoms with Gasteiger partial charge in [0.25, 0.3) is 17.3 Å². The van der Waals surface area contributed by atoms with Crippen molar-refractivity contribution in [2.24, 2.45) is 0 Å². The fourth-order valence-corrected chi connectivity index (χ4v) is 2.34. The van der Waals surface area contributed by atoms with Gasteiger partial charge < -0.3 is 10.1 Å². The molecular formula is C19H17N3O7. The van der Waals surface area contributed by atoms with E-state index in [0.717, 1.165) is 11.6 Å². The third-order valence-electron chi connectivity index (χ3n) is 4.04. The highest BCUT2D eigenvalue weighted by atomic mass is 16.6. The summed E-state index contributed by atoms with van der Waals surface area (Å²) in [4.78, 5) is 44.3. The molecule has 0 spiro atoms. The number of nitrogens with one attached hydrogen (secondary N) is 1. The lowest BCUT2D eigenvalue weighted by atomic mass is 10.1. The second-order valence-corrected chi connectivity index (χ2v) is 6.00. The summed E-state index contributed by atoms with van der Waals surface area (Å²) in [6, 6.07) is 8.34. The molecule has 0 bridgehead atoms. The Balaban J connectivity index is 1.95. The van der Waals surface area contributed by atoms with Gasteiger partial charge in [0.15, 0.2) is 6.61 Å². The predicted molar refractivity (Wildman–Crippen MR) is 104 cm³/mol. The Morgan fingerprint density at radius 3 is 2.28 bits per heavy atom. The van der Waals surface area contributed by atoms with Gasteiger partial charge in [-0.3, -0.25) is 25.0 Å². The molecule has 2 rings (SSSR count). The second-order valence-electron chi connectivity index (χ2n) is 6.00. The van der Waals surface area contributed by atoms with E-state index in [0.29, 0.717) is 11.1 Å². The number of non-ortho nitro benzene ring substituents is 1. The number of hydrogen-bond donors (Lipinski definition) is 1. The predicted octanol–water partition coefficient (Wildman–Crippen LogP) is 3.31. The van der Waals surface area contributed by atoms with Gasteiger partial charge in [0, 0.05) is 24.3 Å². The highest BCUT2D eigenvalue weighted by Gasteiger charge is 2.19. The molecule has 0 unspecified atom stereocenters. The van der Waals surface area contributed by atoms with Crippen LogP contribution >= 0.6 is 0 Å². The van der Waals surface area contributed by atoms with E-state index in [1.54, 1.807) is 19.9 Å². The van der Waals surface area contributed by atoms with Crippen LogP contribution in [-0.2, 0) is 14.3 Å². The summed E-state index contributed by atoms with van der Waals surface area (Å²) in [6.45, 7) is 2.75. The Hall–Kier alpha value is -4.08. The molecule has 0 atom stereocenters. The van der Waals surface area contributed by atoms with Crippen molar-refractivity contribution in [3.05, 3.63) is 79.4 Å². The number of nitrogens with zero attached hydrogens (tertiary/aromatic N) is 2. The van der Waals surface area contributed by atoms with Crippen molar-refractivity contribution < 1.29 is 24.2 Å². The molecule has 0 saturated heterocycles. The van der Waals surface area contributed by atoms with Crippen LogP contribution < -0.4 is 5.32 Å². The van der Waals surface area contributed by atoms with E-state index in [2.05, 4.69) is 5.32 Å². The van der Waals surface area contributed by atoms with E-state index in [1.165, 1.54) is 36.4 Å². The molecule has 0 saturated carbocycles. The van der Waals surface area contributed by atoms with Crippen LogP contribution in [0.4, 0.5) is 17.1 Å². The van der Waals surface area contributed by atoms with E-state index in [1.807, 2.05) is 0 Å². The Bertz CT molecular complexity index is 998. The minimum absolute atomic E-state index is 0.0532. The number of benzene rings is 2. The van der Waals surface area contributed by atoms with Crippen LogP contribution in [0.3, 0.4) is 0 Å². The molecule has 0 radical (unpaired) electrons. The zero-order valence-electron chi connectivity index (χ0n) is 15.6. The summed E-state index contributed by atoms with van der Waals surface area (Å²) >= 11 is 0. The number of anilines is 1. The van der Waals surface area contributed by atoms with Crippen molar-refractivity contribution in [3.63, 3.8) is 0 Å². The number of aryl methyl sites for hydroxylation is 1. The molecule has 0 aromatic heterocycles. The smallest absolute Gasteiger partial charge is 0.331 e. The molecule has 2 aromatic carbocycles. The summed E-state index contributed by atoms with van der Waals surface area (Å²) < 4.78 is 4.81. The lowest BCUT2D eigenvalue weighted by Gasteiger charge is -2.11. The van der Waals surface area contributed by atoms with Crippen molar-refractivity contribution in [2.75, 3.05) is 11.9 Å². The van der Waals surface area contributed by atoms with E-state index in [-0.39, 0.29) is 17.1 Å². The van der Waals surface area contributed by atoms with Gasteiger partial charge >= 0.3 is 5.97 Å². The van der Waals surface area contributed by atoms with Crippen LogP contribution in [-0.4, -0.2) is 28.3 Å². The molecule has 2 aromatic rings. The topological polar surface area (TPSA) is 142 Å². The van der Waals surface area contributed by atoms with Gasteiger partial charge in [0.1, 0.15) is 5.69 Å². The highest BCUT2D eigenvalue weighted by molar-refractivity contribution is 5.97. The monoisotopic (exact) mass is 399 g/mol. The maximum Gasteiger partial charge on any atom is 0.331 e. The van der Waals surface area contributed by atoms with Gasteiger partial charge in [-0.05, 0) is 48.7 Å². The van der Waals surface area contributed by atoms with Gasteiger partial charge in [-0.25, -0.2) is 4.79 Å². The molecule has 0 aliphatic rings. The van der Waals surface area contributed by atoms with Gasteiger partial charge in [-0.15, -0.1) is 0 Å². The number of nitro groups is 2. The zero-order valence-corrected chi connectivity index (χ0v) is 15.6. The summed E-state index contributed by atoms with van der Waals surface area (Å²) in [5.41, 5.74) is 1.54. The van der Waals surface area contributed by atoms with Gasteiger partial charge in [0.05, 0.1) is 9.85 Å². The fraction of sp³-hybridized carbons (Fsp3) is 0.158. The first-order chi connectivity index (χ1) is 13.7. The summed E-state index contributed by atoms with van der Waals surface area (Å²) in [7, 11) is 0. The SMILES string of the molecule is Cc1ccc([N+](=O)[O-])c(NC(=O)COC(=O)/C=C/c2ccc([N+](=O)[O-])cc2)c1C. The Morgan fingerprint density at radius 2 is 1.69 bits per heavy atom. The molecule has 1 amide bonds. The number of esters is 1. The second kappa shape index (κ2) is 9.22. The molecule has 10 heteroatoms. The Labute approximate surface area is 165 Å². The minimum Gasteiger partial charge on any atom is -0.452 e. The minimum atomic E-state index is -0.811. The molecule has 150 valence electrons. The molecule has 1 N–H and O–H groups in total. The number of carbonyl (C=O) groups is 2. The number of rotatable bonds is 7. The first-order valence-electron chi connectivity index (χ1n) is 8.32. The highest BCUT2D eigenvalue weighted by Crippen LogP contribution is 2.30. The molecule has 0 fully saturated rings. The van der Waals surface area contributed by atoms with Crippen molar-refractivity contribution in [1.82, 2.24) is 0 Å². The first kappa shape index (κ1) is 21.2. The third-order valence-corrected chi connectivity index (χ3v) is 4.04. The van der Waals surface area contributed by atoms with Crippen molar-refractivity contribution in [2.45, 2.75) is 13.8 Å². The maximum atomic E-state index is 12.0. The van der Waals surface area contributed by atoms with Crippen LogP contribution in [0.5, 0.6) is 0 Å². The van der Waals surface area contributed by atoms with E-state index >= 15 is 0 Å². The number of hydrogen-bond acceptors (Lipinski definition) is 7.